The van der Waals surface area contributed by atoms with Crippen molar-refractivity contribution in [2.75, 3.05) is 31.6 Å². The minimum atomic E-state index is -0.283. The van der Waals surface area contributed by atoms with E-state index in [1.165, 1.54) is 6.92 Å². The lowest BCUT2D eigenvalue weighted by molar-refractivity contribution is -0.117. The average molecular weight is 342 g/mol. The number of nitrogens with zero attached hydrogens (tertiary/aromatic N) is 1. The van der Waals surface area contributed by atoms with E-state index in [9.17, 15) is 9.59 Å². The number of benzene rings is 1. The number of amides is 2. The van der Waals surface area contributed by atoms with Crippen molar-refractivity contribution in [1.82, 2.24) is 10.2 Å². The third kappa shape index (κ3) is 4.40. The van der Waals surface area contributed by atoms with Crippen LogP contribution >= 0.6 is 23.8 Å². The molecule has 8 heteroatoms. The van der Waals surface area contributed by atoms with Gasteiger partial charge in [-0.3, -0.25) is 9.59 Å². The number of nitrogens with one attached hydrogen (secondary N) is 2. The number of carbonyl (C=O) groups is 2. The number of hydrogen-bond donors (Lipinski definition) is 2. The van der Waals surface area contributed by atoms with Gasteiger partial charge < -0.3 is 20.3 Å². The van der Waals surface area contributed by atoms with Crippen molar-refractivity contribution < 1.29 is 14.3 Å². The van der Waals surface area contributed by atoms with Crippen LogP contribution in [0.15, 0.2) is 18.2 Å². The largest absolute Gasteiger partial charge is 0.378 e. The lowest BCUT2D eigenvalue weighted by Crippen LogP contribution is -2.40. The van der Waals surface area contributed by atoms with Crippen LogP contribution in [0.4, 0.5) is 5.69 Å². The van der Waals surface area contributed by atoms with Crippen molar-refractivity contribution in [1.29, 1.82) is 0 Å². The van der Waals surface area contributed by atoms with Gasteiger partial charge in [0.15, 0.2) is 5.11 Å². The van der Waals surface area contributed by atoms with Gasteiger partial charge in [-0.05, 0) is 30.4 Å². The number of rotatable bonds is 2. The zero-order valence-corrected chi connectivity index (χ0v) is 13.6. The summed E-state index contributed by atoms with van der Waals surface area (Å²) < 4.78 is 5.23. The van der Waals surface area contributed by atoms with E-state index in [0.717, 1.165) is 0 Å². The van der Waals surface area contributed by atoms with E-state index in [1.54, 1.807) is 23.1 Å². The minimum absolute atomic E-state index is 0.0894. The molecule has 118 valence electrons. The first-order chi connectivity index (χ1) is 10.5. The van der Waals surface area contributed by atoms with Gasteiger partial charge in [0.05, 0.1) is 23.9 Å². The number of carbonyl (C=O) groups excluding carboxylic acids is 2. The summed E-state index contributed by atoms with van der Waals surface area (Å²) in [5, 5.41) is 5.79. The van der Waals surface area contributed by atoms with Crippen molar-refractivity contribution >= 4 is 46.4 Å². The van der Waals surface area contributed by atoms with Crippen LogP contribution < -0.4 is 10.6 Å². The van der Waals surface area contributed by atoms with Gasteiger partial charge >= 0.3 is 0 Å². The fourth-order valence-electron chi connectivity index (χ4n) is 2.02. The summed E-state index contributed by atoms with van der Waals surface area (Å²) in [6, 6.07) is 4.90. The standard InChI is InChI=1S/C14H16ClN3O3S/c1-9(19)16-14(22)17-12-8-10(2-3-11(12)15)13(20)18-4-6-21-7-5-18/h2-3,8H,4-7H2,1H3,(H2,16,17,19,22). The van der Waals surface area contributed by atoms with Crippen LogP contribution in [0.5, 0.6) is 0 Å². The van der Waals surface area contributed by atoms with Crippen LogP contribution in [0.3, 0.4) is 0 Å². The summed E-state index contributed by atoms with van der Waals surface area (Å²) in [6.45, 7) is 3.56. The van der Waals surface area contributed by atoms with E-state index in [4.69, 9.17) is 28.6 Å². The third-order valence-electron chi connectivity index (χ3n) is 3.05. The molecule has 2 rings (SSSR count). The molecule has 0 spiro atoms. The molecule has 2 N–H and O–H groups in total. The van der Waals surface area contributed by atoms with Crippen LogP contribution in [-0.4, -0.2) is 48.1 Å². The monoisotopic (exact) mass is 341 g/mol. The first kappa shape index (κ1) is 16.7. The Morgan fingerprint density at radius 2 is 2.00 bits per heavy atom. The van der Waals surface area contributed by atoms with Gasteiger partial charge in [0, 0.05) is 25.6 Å². The highest BCUT2D eigenvalue weighted by molar-refractivity contribution is 7.80. The van der Waals surface area contributed by atoms with Crippen molar-refractivity contribution in [3.05, 3.63) is 28.8 Å². The van der Waals surface area contributed by atoms with Gasteiger partial charge in [-0.1, -0.05) is 11.6 Å². The van der Waals surface area contributed by atoms with E-state index in [2.05, 4.69) is 10.6 Å². The Bertz CT molecular complexity index is 603. The van der Waals surface area contributed by atoms with E-state index in [0.29, 0.717) is 42.6 Å². The molecule has 1 aliphatic rings. The van der Waals surface area contributed by atoms with Gasteiger partial charge in [0.25, 0.3) is 5.91 Å². The van der Waals surface area contributed by atoms with Crippen molar-refractivity contribution in [2.24, 2.45) is 0 Å². The summed E-state index contributed by atoms with van der Waals surface area (Å²) in [4.78, 5) is 25.1. The van der Waals surface area contributed by atoms with Crippen molar-refractivity contribution in [2.45, 2.75) is 6.92 Å². The predicted molar refractivity (Wildman–Crippen MR) is 88.2 cm³/mol. The second-order valence-electron chi connectivity index (χ2n) is 4.73. The lowest BCUT2D eigenvalue weighted by atomic mass is 10.1. The van der Waals surface area contributed by atoms with Gasteiger partial charge in [0.2, 0.25) is 5.91 Å². The highest BCUT2D eigenvalue weighted by Crippen LogP contribution is 2.24. The minimum Gasteiger partial charge on any atom is -0.378 e. The highest BCUT2D eigenvalue weighted by atomic mass is 35.5. The van der Waals surface area contributed by atoms with Gasteiger partial charge in [-0.2, -0.15) is 0 Å². The molecule has 0 aromatic heterocycles. The maximum atomic E-state index is 12.4. The number of anilines is 1. The molecule has 0 unspecified atom stereocenters. The molecule has 1 fully saturated rings. The molecule has 0 bridgehead atoms. The number of ether oxygens (including phenoxy) is 1. The second kappa shape index (κ2) is 7.53. The quantitative estimate of drug-likeness (QED) is 0.800. The van der Waals surface area contributed by atoms with E-state index < -0.39 is 0 Å². The first-order valence-corrected chi connectivity index (χ1v) is 7.51. The summed E-state index contributed by atoms with van der Waals surface area (Å²) in [7, 11) is 0. The van der Waals surface area contributed by atoms with E-state index >= 15 is 0 Å². The summed E-state index contributed by atoms with van der Waals surface area (Å²) in [6.07, 6.45) is 0. The molecule has 0 aliphatic carbocycles. The molecular formula is C14H16ClN3O3S. The molecule has 1 heterocycles. The molecule has 1 saturated heterocycles. The fraction of sp³-hybridized carbons (Fsp3) is 0.357. The third-order valence-corrected chi connectivity index (χ3v) is 3.58. The normalized spacial score (nSPS) is 14.4. The summed E-state index contributed by atoms with van der Waals surface area (Å²) >= 11 is 11.1. The Balaban J connectivity index is 2.13. The highest BCUT2D eigenvalue weighted by Gasteiger charge is 2.19. The van der Waals surface area contributed by atoms with Crippen LogP contribution in [0.1, 0.15) is 17.3 Å². The number of thiocarbonyl (C=S) groups is 1. The Morgan fingerprint density at radius 1 is 1.32 bits per heavy atom. The zero-order valence-electron chi connectivity index (χ0n) is 12.0. The number of hydrogen-bond acceptors (Lipinski definition) is 4. The molecule has 1 aromatic rings. The fourth-order valence-corrected chi connectivity index (χ4v) is 2.44. The second-order valence-corrected chi connectivity index (χ2v) is 5.55. The van der Waals surface area contributed by atoms with Crippen LogP contribution in [0.25, 0.3) is 0 Å². The van der Waals surface area contributed by atoms with Crippen LogP contribution in [0.2, 0.25) is 5.02 Å². The molecule has 22 heavy (non-hydrogen) atoms. The Morgan fingerprint density at radius 3 is 2.64 bits per heavy atom. The van der Waals surface area contributed by atoms with Gasteiger partial charge in [0.1, 0.15) is 0 Å². The van der Waals surface area contributed by atoms with Gasteiger partial charge in [-0.25, -0.2) is 0 Å². The molecule has 0 saturated carbocycles. The molecule has 2 amide bonds. The lowest BCUT2D eigenvalue weighted by Gasteiger charge is -2.27. The molecular weight excluding hydrogens is 326 g/mol. The Labute approximate surface area is 138 Å². The van der Waals surface area contributed by atoms with E-state index in [1.807, 2.05) is 0 Å². The smallest absolute Gasteiger partial charge is 0.254 e. The van der Waals surface area contributed by atoms with Crippen molar-refractivity contribution in [3.8, 4) is 0 Å². The Kier molecular flexibility index (Phi) is 5.70. The topological polar surface area (TPSA) is 70.7 Å². The molecule has 0 radical (unpaired) electrons. The molecule has 1 aromatic carbocycles. The number of halogens is 1. The van der Waals surface area contributed by atoms with E-state index in [-0.39, 0.29) is 16.9 Å². The number of morpholine rings is 1. The molecule has 1 aliphatic heterocycles. The summed E-state index contributed by atoms with van der Waals surface area (Å²) in [5.74, 6) is -0.373. The maximum Gasteiger partial charge on any atom is 0.254 e. The molecule has 0 atom stereocenters. The average Bonchev–Trinajstić information content (AvgIpc) is 2.49. The van der Waals surface area contributed by atoms with Crippen LogP contribution in [0, 0.1) is 0 Å². The Hall–Kier alpha value is -1.70. The first-order valence-electron chi connectivity index (χ1n) is 6.72. The summed E-state index contributed by atoms with van der Waals surface area (Å²) in [5.41, 5.74) is 0.971. The van der Waals surface area contributed by atoms with Gasteiger partial charge in [-0.15, -0.1) is 0 Å². The predicted octanol–water partition coefficient (Wildman–Crippen LogP) is 1.65. The van der Waals surface area contributed by atoms with Crippen LogP contribution in [-0.2, 0) is 9.53 Å². The molecule has 6 nitrogen and oxygen atoms in total. The maximum absolute atomic E-state index is 12.4. The van der Waals surface area contributed by atoms with Crippen molar-refractivity contribution in [3.63, 3.8) is 0 Å². The zero-order chi connectivity index (χ0) is 16.1. The SMILES string of the molecule is CC(=O)NC(=S)Nc1cc(C(=O)N2CCOCC2)ccc1Cl.